The number of halogens is 2. The molecule has 22 heavy (non-hydrogen) atoms. The minimum Gasteiger partial charge on any atom is -0.296 e. The number of carbonyl (C=O) groups excluding carboxylic acids is 1. The molecule has 1 heterocycles. The molecule has 2 aromatic carbocycles. The van der Waals surface area contributed by atoms with Crippen molar-refractivity contribution in [3.05, 3.63) is 65.7 Å². The van der Waals surface area contributed by atoms with E-state index < -0.39 is 11.7 Å². The molecule has 0 atom stereocenters. The Morgan fingerprint density at radius 3 is 2.45 bits per heavy atom. The van der Waals surface area contributed by atoms with Crippen LogP contribution in [-0.4, -0.2) is 16.1 Å². The zero-order valence-corrected chi connectivity index (χ0v) is 11.9. The second-order valence-corrected chi connectivity index (χ2v) is 5.33. The zero-order chi connectivity index (χ0) is 15.5. The van der Waals surface area contributed by atoms with Gasteiger partial charge < -0.3 is 0 Å². The first-order valence-electron chi connectivity index (χ1n) is 6.29. The molecule has 0 fully saturated rings. The minimum absolute atomic E-state index is 0.0685. The smallest absolute Gasteiger partial charge is 0.260 e. The van der Waals surface area contributed by atoms with E-state index in [1.54, 1.807) is 18.2 Å². The highest BCUT2D eigenvalue weighted by Crippen LogP contribution is 2.26. The Labute approximate surface area is 128 Å². The van der Waals surface area contributed by atoms with Gasteiger partial charge in [0, 0.05) is 5.56 Å². The van der Waals surface area contributed by atoms with Crippen LogP contribution in [0.1, 0.15) is 10.4 Å². The summed E-state index contributed by atoms with van der Waals surface area (Å²) in [5, 5.41) is 11.0. The van der Waals surface area contributed by atoms with Crippen molar-refractivity contribution in [3.8, 4) is 10.6 Å². The van der Waals surface area contributed by atoms with Gasteiger partial charge in [0.2, 0.25) is 5.13 Å². The molecule has 0 saturated carbocycles. The molecular weight excluding hydrogens is 308 g/mol. The highest BCUT2D eigenvalue weighted by atomic mass is 32.1. The summed E-state index contributed by atoms with van der Waals surface area (Å²) in [5.74, 6) is -1.55. The van der Waals surface area contributed by atoms with Crippen molar-refractivity contribution in [1.29, 1.82) is 0 Å². The maximum atomic E-state index is 13.5. The molecule has 1 N–H and O–H groups in total. The van der Waals surface area contributed by atoms with Gasteiger partial charge in [-0.15, -0.1) is 10.2 Å². The summed E-state index contributed by atoms with van der Waals surface area (Å²) in [4.78, 5) is 12.0. The van der Waals surface area contributed by atoms with Gasteiger partial charge in [0.05, 0.1) is 5.56 Å². The lowest BCUT2D eigenvalue weighted by atomic mass is 10.2. The molecule has 0 bridgehead atoms. The monoisotopic (exact) mass is 317 g/mol. The quantitative estimate of drug-likeness (QED) is 0.800. The van der Waals surface area contributed by atoms with E-state index in [0.29, 0.717) is 10.6 Å². The maximum absolute atomic E-state index is 13.5. The second kappa shape index (κ2) is 5.98. The van der Waals surface area contributed by atoms with Crippen LogP contribution in [0.3, 0.4) is 0 Å². The third-order valence-electron chi connectivity index (χ3n) is 2.86. The number of amides is 1. The van der Waals surface area contributed by atoms with Gasteiger partial charge in [0.15, 0.2) is 0 Å². The summed E-state index contributed by atoms with van der Waals surface area (Å²) < 4.78 is 26.4. The van der Waals surface area contributed by atoms with Crippen molar-refractivity contribution in [1.82, 2.24) is 10.2 Å². The maximum Gasteiger partial charge on any atom is 0.260 e. The van der Waals surface area contributed by atoms with Crippen LogP contribution >= 0.6 is 11.3 Å². The highest BCUT2D eigenvalue weighted by molar-refractivity contribution is 7.18. The minimum atomic E-state index is -0.608. The summed E-state index contributed by atoms with van der Waals surface area (Å²) in [6, 6.07) is 11.4. The van der Waals surface area contributed by atoms with Crippen LogP contribution in [0, 0.1) is 11.6 Å². The largest absolute Gasteiger partial charge is 0.296 e. The molecule has 1 aromatic heterocycles. The summed E-state index contributed by atoms with van der Waals surface area (Å²) in [5.41, 5.74) is 0.617. The van der Waals surface area contributed by atoms with Crippen LogP contribution < -0.4 is 5.32 Å². The Morgan fingerprint density at radius 2 is 1.73 bits per heavy atom. The number of rotatable bonds is 3. The SMILES string of the molecule is O=C(Nc1nnc(-c2ccc(F)cc2)s1)c1ccccc1F. The number of nitrogens with zero attached hydrogens (tertiary/aromatic N) is 2. The first kappa shape index (κ1) is 14.3. The molecule has 3 rings (SSSR count). The van der Waals surface area contributed by atoms with E-state index in [-0.39, 0.29) is 16.5 Å². The fourth-order valence-electron chi connectivity index (χ4n) is 1.79. The lowest BCUT2D eigenvalue weighted by Crippen LogP contribution is -2.13. The third-order valence-corrected chi connectivity index (χ3v) is 3.74. The lowest BCUT2D eigenvalue weighted by molar-refractivity contribution is 0.102. The Morgan fingerprint density at radius 1 is 1.00 bits per heavy atom. The van der Waals surface area contributed by atoms with Gasteiger partial charge in [-0.25, -0.2) is 8.78 Å². The van der Waals surface area contributed by atoms with E-state index in [4.69, 9.17) is 0 Å². The molecule has 110 valence electrons. The van der Waals surface area contributed by atoms with E-state index in [9.17, 15) is 13.6 Å². The zero-order valence-electron chi connectivity index (χ0n) is 11.1. The first-order valence-corrected chi connectivity index (χ1v) is 7.10. The predicted octanol–water partition coefficient (Wildman–Crippen LogP) is 3.74. The fourth-order valence-corrected chi connectivity index (χ4v) is 2.54. The Hall–Kier alpha value is -2.67. The second-order valence-electron chi connectivity index (χ2n) is 4.35. The van der Waals surface area contributed by atoms with Crippen LogP contribution in [0.25, 0.3) is 10.6 Å². The van der Waals surface area contributed by atoms with E-state index in [1.165, 1.54) is 30.3 Å². The number of aromatic nitrogens is 2. The third kappa shape index (κ3) is 2.99. The lowest BCUT2D eigenvalue weighted by Gasteiger charge is -2.01. The van der Waals surface area contributed by atoms with Crippen molar-refractivity contribution in [3.63, 3.8) is 0 Å². The fraction of sp³-hybridized carbons (Fsp3) is 0. The van der Waals surface area contributed by atoms with Crippen LogP contribution in [-0.2, 0) is 0 Å². The topological polar surface area (TPSA) is 54.9 Å². The van der Waals surface area contributed by atoms with Crippen molar-refractivity contribution >= 4 is 22.4 Å². The number of anilines is 1. The number of hydrogen-bond acceptors (Lipinski definition) is 4. The van der Waals surface area contributed by atoms with Crippen LogP contribution in [0.15, 0.2) is 48.5 Å². The van der Waals surface area contributed by atoms with Gasteiger partial charge in [-0.1, -0.05) is 23.5 Å². The molecule has 0 spiro atoms. The normalized spacial score (nSPS) is 10.5. The number of nitrogens with one attached hydrogen (secondary N) is 1. The van der Waals surface area contributed by atoms with Gasteiger partial charge in [0.1, 0.15) is 16.6 Å². The van der Waals surface area contributed by atoms with Gasteiger partial charge >= 0.3 is 0 Å². The molecule has 0 radical (unpaired) electrons. The molecular formula is C15H9F2N3OS. The standard InChI is InChI=1S/C15H9F2N3OS/c16-10-7-5-9(6-8-10)14-19-20-15(22-14)18-13(21)11-3-1-2-4-12(11)17/h1-8H,(H,18,20,21). The highest BCUT2D eigenvalue weighted by Gasteiger charge is 2.14. The van der Waals surface area contributed by atoms with Gasteiger partial charge in [-0.2, -0.15) is 0 Å². The Balaban J connectivity index is 1.78. The van der Waals surface area contributed by atoms with Gasteiger partial charge in [0.25, 0.3) is 5.91 Å². The molecule has 3 aromatic rings. The van der Waals surface area contributed by atoms with Crippen LogP contribution in [0.4, 0.5) is 13.9 Å². The number of carbonyl (C=O) groups is 1. The molecule has 4 nitrogen and oxygen atoms in total. The van der Waals surface area contributed by atoms with E-state index in [0.717, 1.165) is 11.3 Å². The molecule has 0 aliphatic heterocycles. The summed E-state index contributed by atoms with van der Waals surface area (Å²) in [6.45, 7) is 0. The number of hydrogen-bond donors (Lipinski definition) is 1. The average Bonchev–Trinajstić information content (AvgIpc) is 2.97. The molecule has 0 unspecified atom stereocenters. The average molecular weight is 317 g/mol. The van der Waals surface area contributed by atoms with Crippen molar-refractivity contribution < 1.29 is 13.6 Å². The van der Waals surface area contributed by atoms with E-state index in [2.05, 4.69) is 15.5 Å². The summed E-state index contributed by atoms with van der Waals surface area (Å²) in [7, 11) is 0. The number of benzene rings is 2. The van der Waals surface area contributed by atoms with E-state index in [1.807, 2.05) is 0 Å². The molecule has 7 heteroatoms. The van der Waals surface area contributed by atoms with Crippen molar-refractivity contribution in [2.24, 2.45) is 0 Å². The summed E-state index contributed by atoms with van der Waals surface area (Å²) >= 11 is 1.12. The molecule has 0 saturated heterocycles. The molecule has 1 amide bonds. The van der Waals surface area contributed by atoms with Crippen LogP contribution in [0.2, 0.25) is 0 Å². The first-order chi connectivity index (χ1) is 10.6. The van der Waals surface area contributed by atoms with Gasteiger partial charge in [-0.05, 0) is 36.4 Å². The van der Waals surface area contributed by atoms with Crippen molar-refractivity contribution in [2.45, 2.75) is 0 Å². The van der Waals surface area contributed by atoms with Crippen LogP contribution in [0.5, 0.6) is 0 Å². The predicted molar refractivity (Wildman–Crippen MR) is 79.7 cm³/mol. The Kier molecular flexibility index (Phi) is 3.88. The molecule has 0 aliphatic carbocycles. The van der Waals surface area contributed by atoms with E-state index >= 15 is 0 Å². The Bertz CT molecular complexity index is 818. The summed E-state index contributed by atoms with van der Waals surface area (Å²) in [6.07, 6.45) is 0. The van der Waals surface area contributed by atoms with Gasteiger partial charge in [-0.3, -0.25) is 10.1 Å². The molecule has 0 aliphatic rings. The van der Waals surface area contributed by atoms with Crippen molar-refractivity contribution in [2.75, 3.05) is 5.32 Å².